The molecule has 0 fully saturated rings. The van der Waals surface area contributed by atoms with Gasteiger partial charge in [-0.3, -0.25) is 19.6 Å². The van der Waals surface area contributed by atoms with Crippen LogP contribution in [0.2, 0.25) is 10.0 Å². The molecule has 0 aromatic heterocycles. The summed E-state index contributed by atoms with van der Waals surface area (Å²) in [6, 6.07) is 15.1. The van der Waals surface area contributed by atoms with Crippen molar-refractivity contribution in [2.75, 3.05) is 10.0 Å². The molecule has 0 spiro atoms. The third-order valence-corrected chi connectivity index (χ3v) is 5.85. The molecule has 30 heavy (non-hydrogen) atoms. The van der Waals surface area contributed by atoms with Crippen molar-refractivity contribution in [3.8, 4) is 0 Å². The lowest BCUT2D eigenvalue weighted by molar-refractivity contribution is -0.385. The van der Waals surface area contributed by atoms with E-state index in [-0.39, 0.29) is 32.5 Å². The summed E-state index contributed by atoms with van der Waals surface area (Å²) < 4.78 is 27.7. The zero-order valence-corrected chi connectivity index (χ0v) is 17.3. The van der Waals surface area contributed by atoms with Crippen molar-refractivity contribution in [3.05, 3.63) is 92.5 Å². The van der Waals surface area contributed by atoms with E-state index in [4.69, 9.17) is 23.2 Å². The fraction of sp³-hybridized carbons (Fsp3) is 0. The fourth-order valence-electron chi connectivity index (χ4n) is 2.51. The van der Waals surface area contributed by atoms with E-state index in [1.165, 1.54) is 48.5 Å². The van der Waals surface area contributed by atoms with E-state index < -0.39 is 20.9 Å². The number of carbonyl (C=O) groups is 1. The molecule has 11 heteroatoms. The molecule has 154 valence electrons. The summed E-state index contributed by atoms with van der Waals surface area (Å²) in [5.74, 6) is -0.571. The van der Waals surface area contributed by atoms with Crippen LogP contribution in [0.15, 0.2) is 71.6 Å². The highest BCUT2D eigenvalue weighted by Gasteiger charge is 2.20. The Bertz CT molecular complexity index is 1250. The molecular weight excluding hydrogens is 453 g/mol. The highest BCUT2D eigenvalue weighted by molar-refractivity contribution is 7.92. The topological polar surface area (TPSA) is 118 Å². The number of nitro groups is 1. The van der Waals surface area contributed by atoms with E-state index in [1.807, 2.05) is 0 Å². The summed E-state index contributed by atoms with van der Waals surface area (Å²) in [6.07, 6.45) is 0. The van der Waals surface area contributed by atoms with Crippen LogP contribution in [0.1, 0.15) is 10.4 Å². The van der Waals surface area contributed by atoms with Gasteiger partial charge in [-0.05, 0) is 36.4 Å². The Hall–Kier alpha value is -3.14. The predicted octanol–water partition coefficient (Wildman–Crippen LogP) is 4.95. The number of benzene rings is 3. The predicted molar refractivity (Wildman–Crippen MR) is 115 cm³/mol. The molecule has 0 heterocycles. The molecule has 8 nitrogen and oxygen atoms in total. The van der Waals surface area contributed by atoms with Crippen molar-refractivity contribution in [2.45, 2.75) is 4.90 Å². The standard InChI is InChI=1S/C19H13Cl2N3O5S/c20-12-8-9-15(16(21)10-12)19(25)22-17-6-1-2-7-18(17)23-30(28,29)14-5-3-4-13(11-14)24(26)27/h1-11,23H,(H,22,25). The van der Waals surface area contributed by atoms with Crippen molar-refractivity contribution < 1.29 is 18.1 Å². The van der Waals surface area contributed by atoms with E-state index in [1.54, 1.807) is 12.1 Å². The molecule has 0 saturated heterocycles. The van der Waals surface area contributed by atoms with Crippen LogP contribution in [0.3, 0.4) is 0 Å². The van der Waals surface area contributed by atoms with Gasteiger partial charge in [0.15, 0.2) is 0 Å². The molecule has 0 radical (unpaired) electrons. The second-order valence-electron chi connectivity index (χ2n) is 5.98. The first-order valence-corrected chi connectivity index (χ1v) is 10.5. The van der Waals surface area contributed by atoms with E-state index >= 15 is 0 Å². The minimum Gasteiger partial charge on any atom is -0.320 e. The molecule has 2 N–H and O–H groups in total. The number of halogens is 2. The lowest BCUT2D eigenvalue weighted by Gasteiger charge is -2.14. The number of hydrogen-bond donors (Lipinski definition) is 2. The van der Waals surface area contributed by atoms with Gasteiger partial charge >= 0.3 is 0 Å². The van der Waals surface area contributed by atoms with Gasteiger partial charge in [0.1, 0.15) is 0 Å². The maximum atomic E-state index is 12.7. The number of nitrogens with zero attached hydrogens (tertiary/aromatic N) is 1. The SMILES string of the molecule is O=C(Nc1ccccc1NS(=O)(=O)c1cccc([N+](=O)[O-])c1)c1ccc(Cl)cc1Cl. The van der Waals surface area contributed by atoms with Crippen LogP contribution >= 0.6 is 23.2 Å². The molecule has 0 aliphatic rings. The van der Waals surface area contributed by atoms with Gasteiger partial charge in [-0.2, -0.15) is 0 Å². The largest absolute Gasteiger partial charge is 0.320 e. The first-order chi connectivity index (χ1) is 14.2. The monoisotopic (exact) mass is 465 g/mol. The number of nitro benzene ring substituents is 1. The Morgan fingerprint density at radius 2 is 1.63 bits per heavy atom. The van der Waals surface area contributed by atoms with Crippen molar-refractivity contribution in [1.82, 2.24) is 0 Å². The van der Waals surface area contributed by atoms with Crippen molar-refractivity contribution in [2.24, 2.45) is 0 Å². The molecule has 0 aliphatic carbocycles. The van der Waals surface area contributed by atoms with Crippen LogP contribution in [0.25, 0.3) is 0 Å². The molecule has 3 aromatic rings. The smallest absolute Gasteiger partial charge is 0.270 e. The third-order valence-electron chi connectivity index (χ3n) is 3.93. The lowest BCUT2D eigenvalue weighted by atomic mass is 10.2. The molecule has 3 aromatic carbocycles. The highest BCUT2D eigenvalue weighted by atomic mass is 35.5. The summed E-state index contributed by atoms with van der Waals surface area (Å²) in [4.78, 5) is 22.5. The number of amides is 1. The normalized spacial score (nSPS) is 11.0. The average molecular weight is 466 g/mol. The van der Waals surface area contributed by atoms with Crippen LogP contribution < -0.4 is 10.0 Å². The highest BCUT2D eigenvalue weighted by Crippen LogP contribution is 2.28. The van der Waals surface area contributed by atoms with Crippen LogP contribution in [0.4, 0.5) is 17.1 Å². The number of para-hydroxylation sites is 2. The van der Waals surface area contributed by atoms with Crippen molar-refractivity contribution in [1.29, 1.82) is 0 Å². The summed E-state index contributed by atoms with van der Waals surface area (Å²) >= 11 is 11.9. The van der Waals surface area contributed by atoms with Gasteiger partial charge in [-0.25, -0.2) is 8.42 Å². The van der Waals surface area contributed by atoms with Gasteiger partial charge in [0.05, 0.1) is 31.8 Å². The lowest BCUT2D eigenvalue weighted by Crippen LogP contribution is -2.17. The van der Waals surface area contributed by atoms with Gasteiger partial charge in [0.2, 0.25) is 0 Å². The maximum absolute atomic E-state index is 12.7. The summed E-state index contributed by atoms with van der Waals surface area (Å²) in [6.45, 7) is 0. The minimum absolute atomic E-state index is 0.0717. The molecule has 0 atom stereocenters. The van der Waals surface area contributed by atoms with Gasteiger partial charge < -0.3 is 5.32 Å². The van der Waals surface area contributed by atoms with Gasteiger partial charge in [-0.15, -0.1) is 0 Å². The number of anilines is 2. The number of sulfonamides is 1. The number of rotatable bonds is 6. The summed E-state index contributed by atoms with van der Waals surface area (Å²) in [5.41, 5.74) is 0.0271. The van der Waals surface area contributed by atoms with E-state index in [0.29, 0.717) is 5.02 Å². The number of nitrogens with one attached hydrogen (secondary N) is 2. The second-order valence-corrected chi connectivity index (χ2v) is 8.51. The first kappa shape index (κ1) is 21.6. The summed E-state index contributed by atoms with van der Waals surface area (Å²) in [7, 11) is -4.16. The maximum Gasteiger partial charge on any atom is 0.270 e. The van der Waals surface area contributed by atoms with Gasteiger partial charge in [-0.1, -0.05) is 41.4 Å². The number of hydrogen-bond acceptors (Lipinski definition) is 5. The van der Waals surface area contributed by atoms with E-state index in [9.17, 15) is 23.3 Å². The Morgan fingerprint density at radius 1 is 0.933 bits per heavy atom. The van der Waals surface area contributed by atoms with Gasteiger partial charge in [0, 0.05) is 17.2 Å². The first-order valence-electron chi connectivity index (χ1n) is 8.30. The molecule has 3 rings (SSSR count). The van der Waals surface area contributed by atoms with Crippen molar-refractivity contribution in [3.63, 3.8) is 0 Å². The van der Waals surface area contributed by atoms with Gasteiger partial charge in [0.25, 0.3) is 21.6 Å². The van der Waals surface area contributed by atoms with E-state index in [2.05, 4.69) is 10.0 Å². The molecule has 0 saturated carbocycles. The minimum atomic E-state index is -4.16. The Morgan fingerprint density at radius 3 is 2.30 bits per heavy atom. The Balaban J connectivity index is 1.89. The zero-order valence-electron chi connectivity index (χ0n) is 15.0. The molecular formula is C19H13Cl2N3O5S. The fourth-order valence-corrected chi connectivity index (χ4v) is 4.13. The third kappa shape index (κ3) is 4.88. The average Bonchev–Trinajstić information content (AvgIpc) is 2.69. The van der Waals surface area contributed by atoms with Crippen LogP contribution in [0.5, 0.6) is 0 Å². The van der Waals surface area contributed by atoms with Crippen LogP contribution in [-0.2, 0) is 10.0 Å². The van der Waals surface area contributed by atoms with Crippen molar-refractivity contribution >= 4 is 56.2 Å². The zero-order chi connectivity index (χ0) is 21.9. The number of non-ortho nitro benzene ring substituents is 1. The molecule has 1 amide bonds. The quantitative estimate of drug-likeness (QED) is 0.394. The van der Waals surface area contributed by atoms with Crippen LogP contribution in [0, 0.1) is 10.1 Å². The molecule has 0 aliphatic heterocycles. The second kappa shape index (κ2) is 8.70. The molecule has 0 bridgehead atoms. The summed E-state index contributed by atoms with van der Waals surface area (Å²) in [5, 5.41) is 14.0. The Labute approximate surface area is 181 Å². The van der Waals surface area contributed by atoms with Crippen LogP contribution in [-0.4, -0.2) is 19.2 Å². The molecule has 0 unspecified atom stereocenters. The number of carbonyl (C=O) groups excluding carboxylic acids is 1. The Kier molecular flexibility index (Phi) is 6.25. The van der Waals surface area contributed by atoms with E-state index in [0.717, 1.165) is 6.07 Å².